The molecule has 10 heteroatoms. The normalized spacial score (nSPS) is 13.4. The van der Waals surface area contributed by atoms with Crippen molar-refractivity contribution in [1.82, 2.24) is 0 Å². The Balaban J connectivity index is 1.66. The molecule has 208 valence electrons. The van der Waals surface area contributed by atoms with Crippen LogP contribution in [0.2, 0.25) is 0 Å². The molecule has 7 rings (SSSR count). The summed E-state index contributed by atoms with van der Waals surface area (Å²) in [4.78, 5) is 0. The van der Waals surface area contributed by atoms with E-state index in [1.807, 2.05) is 0 Å². The van der Waals surface area contributed by atoms with E-state index in [1.165, 1.54) is 0 Å². The number of furan rings is 4. The van der Waals surface area contributed by atoms with Gasteiger partial charge in [-0.2, -0.15) is 0 Å². The van der Waals surface area contributed by atoms with Crippen LogP contribution >= 0.6 is 14.3 Å². The Labute approximate surface area is 235 Å². The third-order valence-electron chi connectivity index (χ3n) is 7.29. The van der Waals surface area contributed by atoms with Crippen molar-refractivity contribution >= 4 is 57.7 Å². The maximum Gasteiger partial charge on any atom is 0.238 e. The van der Waals surface area contributed by atoms with Crippen LogP contribution in [0.15, 0.2) is 90.5 Å². The fourth-order valence-corrected chi connectivity index (χ4v) is 10.7. The lowest BCUT2D eigenvalue weighted by Gasteiger charge is -2.26. The van der Waals surface area contributed by atoms with Crippen molar-refractivity contribution in [3.63, 3.8) is 0 Å². The average molecular weight is 588 g/mol. The summed E-state index contributed by atoms with van der Waals surface area (Å²) in [5.74, 6) is 3.42. The fraction of sp³-hybridized carbons (Fsp3) is 0.161. The SMILES string of the molecule is Cc1ccc(P(=O)(c2ccc(C)o2)c2ccc3c4c(ccc(P(=O)(c5ccc(C)o5)c5ccc(C)o5)c24)OCO3)o1. The summed E-state index contributed by atoms with van der Waals surface area (Å²) in [5, 5.41) is 1.73. The second-order valence-electron chi connectivity index (χ2n) is 10.1. The predicted molar refractivity (Wildman–Crippen MR) is 157 cm³/mol. The van der Waals surface area contributed by atoms with Crippen LogP contribution in [0.5, 0.6) is 11.5 Å². The van der Waals surface area contributed by atoms with Crippen LogP contribution in [0.4, 0.5) is 0 Å². The molecule has 8 nitrogen and oxygen atoms in total. The molecule has 0 saturated heterocycles. The molecule has 41 heavy (non-hydrogen) atoms. The van der Waals surface area contributed by atoms with Gasteiger partial charge in [0.2, 0.25) is 21.1 Å². The van der Waals surface area contributed by atoms with Crippen LogP contribution in [-0.2, 0) is 9.13 Å². The van der Waals surface area contributed by atoms with E-state index in [1.54, 1.807) is 100 Å². The molecule has 0 atom stereocenters. The molecule has 0 unspecified atom stereocenters. The number of ether oxygens (including phenoxy) is 2. The van der Waals surface area contributed by atoms with Crippen LogP contribution < -0.4 is 42.1 Å². The highest BCUT2D eigenvalue weighted by Gasteiger charge is 2.44. The van der Waals surface area contributed by atoms with Gasteiger partial charge in [0.15, 0.2) is 22.0 Å². The highest BCUT2D eigenvalue weighted by molar-refractivity contribution is 7.86. The molecule has 1 aliphatic heterocycles. The molecule has 5 heterocycles. The first-order chi connectivity index (χ1) is 19.7. The van der Waals surface area contributed by atoms with Crippen molar-refractivity contribution in [2.75, 3.05) is 6.79 Å². The van der Waals surface area contributed by atoms with Crippen molar-refractivity contribution < 1.29 is 36.3 Å². The van der Waals surface area contributed by atoms with Gasteiger partial charge in [0.1, 0.15) is 34.5 Å². The lowest BCUT2D eigenvalue weighted by Crippen LogP contribution is -2.31. The van der Waals surface area contributed by atoms with Gasteiger partial charge in [0, 0.05) is 16.0 Å². The first-order valence-corrected chi connectivity index (χ1v) is 16.5. The Kier molecular flexibility index (Phi) is 5.79. The van der Waals surface area contributed by atoms with Crippen LogP contribution in [0.25, 0.3) is 10.8 Å². The monoisotopic (exact) mass is 588 g/mol. The molecule has 0 bridgehead atoms. The van der Waals surface area contributed by atoms with Crippen molar-refractivity contribution in [1.29, 1.82) is 0 Å². The van der Waals surface area contributed by atoms with Crippen molar-refractivity contribution in [2.45, 2.75) is 27.7 Å². The van der Waals surface area contributed by atoms with E-state index in [2.05, 4.69) is 0 Å². The standard InChI is InChI=1S/C31H26O8P2/c1-18-5-13-26(36-18)40(32,27-14-6-19(2)37-27)24-11-9-22-30-23(35-17-34-22)10-12-25(31(24)30)41(33,28-15-7-20(3)38-28)29-16-8-21(4)39-29/h5-16H,17H2,1-4H3. The number of hydrogen-bond donors (Lipinski definition) is 0. The molecule has 0 spiro atoms. The molecule has 1 aliphatic rings. The van der Waals surface area contributed by atoms with Crippen LogP contribution in [0, 0.1) is 27.7 Å². The summed E-state index contributed by atoms with van der Waals surface area (Å²) in [6, 6.07) is 20.8. The average Bonchev–Trinajstić information content (AvgIpc) is 3.78. The van der Waals surface area contributed by atoms with Gasteiger partial charge in [0.25, 0.3) is 0 Å². The molecule has 0 radical (unpaired) electrons. The molecular formula is C31H26O8P2. The molecule has 0 fully saturated rings. The van der Waals surface area contributed by atoms with Crippen LogP contribution in [0.3, 0.4) is 0 Å². The van der Waals surface area contributed by atoms with Gasteiger partial charge >= 0.3 is 0 Å². The lowest BCUT2D eigenvalue weighted by atomic mass is 10.1. The first-order valence-electron chi connectivity index (χ1n) is 13.0. The Hall–Kier alpha value is -4.12. The highest BCUT2D eigenvalue weighted by atomic mass is 31.2. The molecule has 2 aromatic carbocycles. The quantitative estimate of drug-likeness (QED) is 0.237. The molecule has 0 N–H and O–H groups in total. The van der Waals surface area contributed by atoms with Gasteiger partial charge < -0.3 is 36.3 Å². The summed E-state index contributed by atoms with van der Waals surface area (Å²) in [6.07, 6.45) is 0. The molecule has 4 aromatic heterocycles. The van der Waals surface area contributed by atoms with E-state index in [-0.39, 0.29) is 28.8 Å². The van der Waals surface area contributed by atoms with Crippen LogP contribution in [-0.4, -0.2) is 6.79 Å². The largest absolute Gasteiger partial charge is 0.458 e. The first kappa shape index (κ1) is 25.8. The number of hydrogen-bond acceptors (Lipinski definition) is 8. The summed E-state index contributed by atoms with van der Waals surface area (Å²) in [6.45, 7) is 7.17. The van der Waals surface area contributed by atoms with E-state index in [4.69, 9.17) is 27.1 Å². The topological polar surface area (TPSA) is 105 Å². The van der Waals surface area contributed by atoms with Gasteiger partial charge in [-0.15, -0.1) is 0 Å². The maximum atomic E-state index is 15.5. The maximum absolute atomic E-state index is 15.5. The zero-order chi connectivity index (χ0) is 28.5. The minimum absolute atomic E-state index is 0.0135. The second kappa shape index (κ2) is 9.20. The van der Waals surface area contributed by atoms with Crippen molar-refractivity contribution in [3.05, 3.63) is 95.8 Å². The van der Waals surface area contributed by atoms with Gasteiger partial charge in [-0.1, -0.05) is 0 Å². The third-order valence-corrected chi connectivity index (χ3v) is 12.8. The van der Waals surface area contributed by atoms with E-state index < -0.39 is 14.3 Å². The molecule has 0 saturated carbocycles. The Bertz CT molecular complexity index is 1820. The van der Waals surface area contributed by atoms with Gasteiger partial charge in [-0.25, -0.2) is 0 Å². The van der Waals surface area contributed by atoms with Crippen LogP contribution in [0.1, 0.15) is 23.0 Å². The van der Waals surface area contributed by atoms with Crippen molar-refractivity contribution in [3.8, 4) is 11.5 Å². The zero-order valence-corrected chi connectivity index (χ0v) is 24.6. The van der Waals surface area contributed by atoms with E-state index in [0.29, 0.717) is 55.9 Å². The summed E-state index contributed by atoms with van der Waals surface area (Å²) in [7, 11) is -7.60. The molecular weight excluding hydrogens is 562 g/mol. The highest BCUT2D eigenvalue weighted by Crippen LogP contribution is 2.52. The Morgan fingerprint density at radius 1 is 0.463 bits per heavy atom. The number of aryl methyl sites for hydroxylation is 4. The van der Waals surface area contributed by atoms with E-state index in [9.17, 15) is 0 Å². The van der Waals surface area contributed by atoms with Gasteiger partial charge in [0.05, 0.1) is 5.39 Å². The fourth-order valence-electron chi connectivity index (χ4n) is 5.38. The minimum atomic E-state index is -3.80. The third kappa shape index (κ3) is 3.82. The van der Waals surface area contributed by atoms with Crippen molar-refractivity contribution in [2.24, 2.45) is 0 Å². The van der Waals surface area contributed by atoms with E-state index >= 15 is 9.13 Å². The second-order valence-corrected chi connectivity index (χ2v) is 15.2. The lowest BCUT2D eigenvalue weighted by molar-refractivity contribution is 0.112. The molecule has 0 amide bonds. The summed E-state index contributed by atoms with van der Waals surface area (Å²) in [5.41, 5.74) is 0.967. The van der Waals surface area contributed by atoms with Gasteiger partial charge in [-0.05, 0) is 100 Å². The smallest absolute Gasteiger partial charge is 0.238 e. The Morgan fingerprint density at radius 3 is 1.10 bits per heavy atom. The molecule has 6 aromatic rings. The minimum Gasteiger partial charge on any atom is -0.458 e. The number of benzene rings is 2. The van der Waals surface area contributed by atoms with E-state index in [0.717, 1.165) is 0 Å². The zero-order valence-electron chi connectivity index (χ0n) is 22.8. The number of rotatable bonds is 6. The predicted octanol–water partition coefficient (Wildman–Crippen LogP) is 5.45. The Morgan fingerprint density at radius 2 is 0.805 bits per heavy atom. The molecule has 0 aliphatic carbocycles. The summed E-state index contributed by atoms with van der Waals surface area (Å²) >= 11 is 0. The summed E-state index contributed by atoms with van der Waals surface area (Å²) < 4.78 is 66.9. The van der Waals surface area contributed by atoms with Gasteiger partial charge in [-0.3, -0.25) is 0 Å².